The number of aromatic nitrogens is 3. The molecule has 1 aromatic heterocycles. The highest BCUT2D eigenvalue weighted by molar-refractivity contribution is 4.84. The van der Waals surface area contributed by atoms with Crippen molar-refractivity contribution in [2.75, 3.05) is 0 Å². The second-order valence-corrected chi connectivity index (χ2v) is 5.53. The molecule has 1 heterocycles. The first kappa shape index (κ1) is 15.2. The van der Waals surface area contributed by atoms with Gasteiger partial charge in [-0.2, -0.15) is 5.10 Å². The van der Waals surface area contributed by atoms with Gasteiger partial charge in [-0.15, -0.1) is 0 Å². The van der Waals surface area contributed by atoms with Crippen molar-refractivity contribution < 1.29 is 0 Å². The summed E-state index contributed by atoms with van der Waals surface area (Å²) in [5.74, 6) is 1.65. The highest BCUT2D eigenvalue weighted by Crippen LogP contribution is 2.05. The average molecular weight is 252 g/mol. The molecule has 0 aliphatic carbocycles. The van der Waals surface area contributed by atoms with Crippen molar-refractivity contribution >= 4 is 0 Å². The Hall–Kier alpha value is -0.900. The quantitative estimate of drug-likeness (QED) is 0.687. The van der Waals surface area contributed by atoms with Crippen molar-refractivity contribution in [1.82, 2.24) is 20.1 Å². The Balaban J connectivity index is 2.31. The third-order valence-electron chi connectivity index (χ3n) is 3.08. The van der Waals surface area contributed by atoms with E-state index in [0.29, 0.717) is 12.0 Å². The Morgan fingerprint density at radius 3 is 2.72 bits per heavy atom. The van der Waals surface area contributed by atoms with Gasteiger partial charge >= 0.3 is 0 Å². The molecule has 4 heteroatoms. The fourth-order valence-electron chi connectivity index (χ4n) is 1.99. The van der Waals surface area contributed by atoms with Crippen LogP contribution in [0.3, 0.4) is 0 Å². The van der Waals surface area contributed by atoms with Gasteiger partial charge in [0.2, 0.25) is 0 Å². The minimum absolute atomic E-state index is 0.556. The summed E-state index contributed by atoms with van der Waals surface area (Å²) in [5, 5.41) is 7.81. The minimum atomic E-state index is 0.556. The fourth-order valence-corrected chi connectivity index (χ4v) is 1.99. The molecule has 4 nitrogen and oxygen atoms in total. The number of rotatable bonds is 9. The first-order chi connectivity index (χ1) is 8.63. The second kappa shape index (κ2) is 8.25. The average Bonchev–Trinajstić information content (AvgIpc) is 2.73. The van der Waals surface area contributed by atoms with Gasteiger partial charge in [-0.25, -0.2) is 9.67 Å². The van der Waals surface area contributed by atoms with Gasteiger partial charge in [0, 0.05) is 12.6 Å². The molecular formula is C14H28N4. The van der Waals surface area contributed by atoms with E-state index in [0.717, 1.165) is 18.9 Å². The van der Waals surface area contributed by atoms with Crippen LogP contribution < -0.4 is 5.32 Å². The molecular weight excluding hydrogens is 224 g/mol. The molecule has 0 spiro atoms. The molecule has 0 saturated carbocycles. The maximum atomic E-state index is 4.33. The maximum Gasteiger partial charge on any atom is 0.140 e. The van der Waals surface area contributed by atoms with E-state index < -0.39 is 0 Å². The van der Waals surface area contributed by atoms with E-state index >= 15 is 0 Å². The molecule has 0 aliphatic heterocycles. The maximum absolute atomic E-state index is 4.33. The standard InChI is InChI=1S/C14H28N4/c1-5-6-7-8-13(4)15-9-14-16-11-17-18(14)10-12(2)3/h11-13,15H,5-10H2,1-4H3. The SMILES string of the molecule is CCCCCC(C)NCc1ncnn1CC(C)C. The third-order valence-corrected chi connectivity index (χ3v) is 3.08. The number of hydrogen-bond donors (Lipinski definition) is 1. The van der Waals surface area contributed by atoms with Crippen LogP contribution in [0, 0.1) is 5.92 Å². The number of hydrogen-bond acceptors (Lipinski definition) is 3. The van der Waals surface area contributed by atoms with Crippen LogP contribution in [-0.2, 0) is 13.1 Å². The fraction of sp³-hybridized carbons (Fsp3) is 0.857. The van der Waals surface area contributed by atoms with E-state index in [4.69, 9.17) is 0 Å². The number of unbranched alkanes of at least 4 members (excludes halogenated alkanes) is 2. The van der Waals surface area contributed by atoms with Gasteiger partial charge in [-0.05, 0) is 19.3 Å². The zero-order valence-electron chi connectivity index (χ0n) is 12.3. The summed E-state index contributed by atoms with van der Waals surface area (Å²) < 4.78 is 2.01. The van der Waals surface area contributed by atoms with Gasteiger partial charge < -0.3 is 5.32 Å². The Kier molecular flexibility index (Phi) is 6.94. The summed E-state index contributed by atoms with van der Waals surface area (Å²) in [7, 11) is 0. The first-order valence-corrected chi connectivity index (χ1v) is 7.23. The molecule has 0 fully saturated rings. The van der Waals surface area contributed by atoms with E-state index in [1.54, 1.807) is 6.33 Å². The van der Waals surface area contributed by atoms with Crippen molar-refractivity contribution in [3.8, 4) is 0 Å². The van der Waals surface area contributed by atoms with Crippen molar-refractivity contribution in [3.05, 3.63) is 12.2 Å². The lowest BCUT2D eigenvalue weighted by molar-refractivity contribution is 0.435. The Morgan fingerprint density at radius 2 is 2.06 bits per heavy atom. The van der Waals surface area contributed by atoms with E-state index in [1.165, 1.54) is 25.7 Å². The second-order valence-electron chi connectivity index (χ2n) is 5.53. The minimum Gasteiger partial charge on any atom is -0.307 e. The van der Waals surface area contributed by atoms with Gasteiger partial charge in [-0.1, -0.05) is 40.0 Å². The summed E-state index contributed by atoms with van der Waals surface area (Å²) in [5.41, 5.74) is 0. The smallest absolute Gasteiger partial charge is 0.140 e. The summed E-state index contributed by atoms with van der Waals surface area (Å²) in [4.78, 5) is 4.33. The zero-order valence-corrected chi connectivity index (χ0v) is 12.3. The Labute approximate surface area is 111 Å². The summed E-state index contributed by atoms with van der Waals surface area (Å²) in [6.07, 6.45) is 6.82. The number of nitrogens with zero attached hydrogens (tertiary/aromatic N) is 3. The lowest BCUT2D eigenvalue weighted by Crippen LogP contribution is -2.27. The molecule has 0 bridgehead atoms. The normalized spacial score (nSPS) is 13.2. The van der Waals surface area contributed by atoms with Gasteiger partial charge in [0.1, 0.15) is 12.2 Å². The highest BCUT2D eigenvalue weighted by Gasteiger charge is 2.07. The van der Waals surface area contributed by atoms with Crippen molar-refractivity contribution in [1.29, 1.82) is 0 Å². The van der Waals surface area contributed by atoms with Gasteiger partial charge in [0.25, 0.3) is 0 Å². The third kappa shape index (κ3) is 5.63. The molecule has 1 N–H and O–H groups in total. The van der Waals surface area contributed by atoms with Crippen LogP contribution in [-0.4, -0.2) is 20.8 Å². The molecule has 1 rings (SSSR count). The first-order valence-electron chi connectivity index (χ1n) is 7.23. The molecule has 1 atom stereocenters. The van der Waals surface area contributed by atoms with Crippen molar-refractivity contribution in [2.24, 2.45) is 5.92 Å². The van der Waals surface area contributed by atoms with Crippen LogP contribution in [0.15, 0.2) is 6.33 Å². The van der Waals surface area contributed by atoms with Crippen molar-refractivity contribution in [2.45, 2.75) is 72.5 Å². The Bertz CT molecular complexity index is 319. The predicted molar refractivity (Wildman–Crippen MR) is 75.3 cm³/mol. The number of nitrogens with one attached hydrogen (secondary N) is 1. The van der Waals surface area contributed by atoms with E-state index in [9.17, 15) is 0 Å². The van der Waals surface area contributed by atoms with E-state index in [-0.39, 0.29) is 0 Å². The van der Waals surface area contributed by atoms with Crippen LogP contribution in [0.5, 0.6) is 0 Å². The molecule has 0 radical (unpaired) electrons. The van der Waals surface area contributed by atoms with Crippen LogP contribution >= 0.6 is 0 Å². The van der Waals surface area contributed by atoms with Crippen molar-refractivity contribution in [3.63, 3.8) is 0 Å². The van der Waals surface area contributed by atoms with Crippen LogP contribution in [0.1, 0.15) is 59.2 Å². The molecule has 0 amide bonds. The van der Waals surface area contributed by atoms with Gasteiger partial charge in [-0.3, -0.25) is 0 Å². The molecule has 1 unspecified atom stereocenters. The zero-order chi connectivity index (χ0) is 13.4. The van der Waals surface area contributed by atoms with Gasteiger partial charge in [0.15, 0.2) is 0 Å². The predicted octanol–water partition coefficient (Wildman–Crippen LogP) is 2.99. The Morgan fingerprint density at radius 1 is 1.28 bits per heavy atom. The van der Waals surface area contributed by atoms with Gasteiger partial charge in [0.05, 0.1) is 6.54 Å². The topological polar surface area (TPSA) is 42.7 Å². The lowest BCUT2D eigenvalue weighted by Gasteiger charge is -2.14. The molecule has 18 heavy (non-hydrogen) atoms. The summed E-state index contributed by atoms with van der Waals surface area (Å²) >= 11 is 0. The molecule has 0 aliphatic rings. The lowest BCUT2D eigenvalue weighted by atomic mass is 10.1. The molecule has 0 aromatic carbocycles. The molecule has 0 saturated heterocycles. The summed E-state index contributed by atoms with van der Waals surface area (Å²) in [6.45, 7) is 10.7. The van der Waals surface area contributed by atoms with E-state index in [2.05, 4.69) is 43.1 Å². The van der Waals surface area contributed by atoms with Crippen LogP contribution in [0.25, 0.3) is 0 Å². The largest absolute Gasteiger partial charge is 0.307 e. The van der Waals surface area contributed by atoms with Crippen LogP contribution in [0.2, 0.25) is 0 Å². The molecule has 1 aromatic rings. The van der Waals surface area contributed by atoms with E-state index in [1.807, 2.05) is 4.68 Å². The summed E-state index contributed by atoms with van der Waals surface area (Å²) in [6, 6.07) is 0.556. The monoisotopic (exact) mass is 252 g/mol. The molecule has 104 valence electrons. The highest BCUT2D eigenvalue weighted by atomic mass is 15.3. The van der Waals surface area contributed by atoms with Crippen LogP contribution in [0.4, 0.5) is 0 Å².